The van der Waals surface area contributed by atoms with Crippen LogP contribution >= 0.6 is 11.8 Å². The lowest BCUT2D eigenvalue weighted by Crippen LogP contribution is -2.14. The van der Waals surface area contributed by atoms with Gasteiger partial charge in [0.15, 0.2) is 5.16 Å². The van der Waals surface area contributed by atoms with Gasteiger partial charge in [-0.2, -0.15) is 0 Å². The molecule has 5 nitrogen and oxygen atoms in total. The number of hydrogen-bond donors (Lipinski definition) is 0. The van der Waals surface area contributed by atoms with Gasteiger partial charge in [0.25, 0.3) is 0 Å². The fourth-order valence-electron chi connectivity index (χ4n) is 2.75. The smallest absolute Gasteiger partial charge is 0.324 e. The van der Waals surface area contributed by atoms with Gasteiger partial charge < -0.3 is 9.30 Å². The van der Waals surface area contributed by atoms with E-state index in [4.69, 9.17) is 4.74 Å². The monoisotopic (exact) mass is 331 g/mol. The average Bonchev–Trinajstić information content (AvgIpc) is 2.80. The van der Waals surface area contributed by atoms with E-state index in [-0.39, 0.29) is 5.97 Å². The Hall–Kier alpha value is -1.82. The maximum absolute atomic E-state index is 12.4. The summed E-state index contributed by atoms with van der Waals surface area (Å²) in [6.07, 6.45) is 4.47. The molecule has 0 amide bonds. The van der Waals surface area contributed by atoms with E-state index in [1.165, 1.54) is 18.2 Å². The van der Waals surface area contributed by atoms with E-state index in [0.29, 0.717) is 6.61 Å². The van der Waals surface area contributed by atoms with Crippen molar-refractivity contribution in [2.45, 2.75) is 49.6 Å². The fraction of sp³-hybridized carbons (Fsp3) is 0.471. The summed E-state index contributed by atoms with van der Waals surface area (Å²) in [5.41, 5.74) is 0.932. The number of aromatic nitrogens is 3. The Kier molecular flexibility index (Phi) is 5.33. The number of hydrogen-bond acceptors (Lipinski definition) is 5. The van der Waals surface area contributed by atoms with E-state index in [1.54, 1.807) is 0 Å². The van der Waals surface area contributed by atoms with Crippen LogP contribution in [0, 0.1) is 0 Å². The zero-order valence-electron chi connectivity index (χ0n) is 13.3. The Bertz CT molecular complexity index is 657. The third-order valence-corrected chi connectivity index (χ3v) is 5.11. The van der Waals surface area contributed by atoms with Gasteiger partial charge in [-0.1, -0.05) is 48.5 Å². The summed E-state index contributed by atoms with van der Waals surface area (Å²) in [5, 5.41) is 9.02. The molecule has 1 unspecified atom stereocenters. The highest BCUT2D eigenvalue weighted by Gasteiger charge is 2.27. The third-order valence-electron chi connectivity index (χ3n) is 3.90. The second kappa shape index (κ2) is 7.64. The maximum Gasteiger partial charge on any atom is 0.324 e. The molecule has 23 heavy (non-hydrogen) atoms. The Morgan fingerprint density at radius 2 is 2.09 bits per heavy atom. The molecule has 1 aliphatic rings. The molecular weight excluding hydrogens is 310 g/mol. The SMILES string of the molecule is CCOC(=O)C(Sc1nnc2n1CCCCC2)c1ccccc1. The molecule has 0 aliphatic carbocycles. The van der Waals surface area contributed by atoms with Crippen LogP contribution in [0.3, 0.4) is 0 Å². The molecule has 0 N–H and O–H groups in total. The van der Waals surface area contributed by atoms with Gasteiger partial charge in [-0.3, -0.25) is 4.79 Å². The highest BCUT2D eigenvalue weighted by molar-refractivity contribution is 8.00. The van der Waals surface area contributed by atoms with Crippen molar-refractivity contribution in [3.8, 4) is 0 Å². The van der Waals surface area contributed by atoms with Gasteiger partial charge in [-0.15, -0.1) is 10.2 Å². The van der Waals surface area contributed by atoms with Crippen molar-refractivity contribution in [2.75, 3.05) is 6.61 Å². The largest absolute Gasteiger partial charge is 0.465 e. The Balaban J connectivity index is 1.87. The van der Waals surface area contributed by atoms with Gasteiger partial charge in [0.1, 0.15) is 11.1 Å². The van der Waals surface area contributed by atoms with Crippen LogP contribution in [-0.4, -0.2) is 27.3 Å². The number of esters is 1. The van der Waals surface area contributed by atoms with E-state index in [0.717, 1.165) is 42.4 Å². The molecule has 1 aromatic heterocycles. The number of nitrogens with zero attached hydrogens (tertiary/aromatic N) is 3. The molecule has 2 heterocycles. The molecule has 1 atom stereocenters. The van der Waals surface area contributed by atoms with E-state index in [1.807, 2.05) is 37.3 Å². The van der Waals surface area contributed by atoms with Crippen molar-refractivity contribution in [3.05, 3.63) is 41.7 Å². The summed E-state index contributed by atoms with van der Waals surface area (Å²) in [6.45, 7) is 3.13. The lowest BCUT2D eigenvalue weighted by molar-refractivity contribution is -0.142. The molecule has 6 heteroatoms. The number of ether oxygens (including phenoxy) is 1. The highest BCUT2D eigenvalue weighted by atomic mass is 32.2. The maximum atomic E-state index is 12.4. The second-order valence-corrected chi connectivity index (χ2v) is 6.59. The third kappa shape index (κ3) is 3.75. The molecule has 1 aliphatic heterocycles. The van der Waals surface area contributed by atoms with E-state index >= 15 is 0 Å². The average molecular weight is 331 g/mol. The van der Waals surface area contributed by atoms with Crippen LogP contribution in [0.4, 0.5) is 0 Å². The van der Waals surface area contributed by atoms with Crippen LogP contribution in [0.25, 0.3) is 0 Å². The molecule has 122 valence electrons. The first-order chi connectivity index (χ1) is 11.3. The standard InChI is InChI=1S/C17H21N3O2S/c1-2-22-16(21)15(13-9-5-3-6-10-13)23-17-19-18-14-11-7-4-8-12-20(14)17/h3,5-6,9-10,15H,2,4,7-8,11-12H2,1H3. The number of thioether (sulfide) groups is 1. The van der Waals surface area contributed by atoms with Crippen molar-refractivity contribution >= 4 is 17.7 Å². The van der Waals surface area contributed by atoms with Crippen molar-refractivity contribution in [2.24, 2.45) is 0 Å². The summed E-state index contributed by atoms with van der Waals surface area (Å²) in [5.74, 6) is 0.801. The fourth-order valence-corrected chi connectivity index (χ4v) is 3.83. The van der Waals surface area contributed by atoms with Gasteiger partial charge in [0.2, 0.25) is 0 Å². The molecule has 0 saturated heterocycles. The van der Waals surface area contributed by atoms with Gasteiger partial charge in [0, 0.05) is 13.0 Å². The second-order valence-electron chi connectivity index (χ2n) is 5.52. The van der Waals surface area contributed by atoms with Gasteiger partial charge in [0.05, 0.1) is 6.61 Å². The zero-order chi connectivity index (χ0) is 16.1. The van der Waals surface area contributed by atoms with Crippen molar-refractivity contribution in [1.29, 1.82) is 0 Å². The van der Waals surface area contributed by atoms with Gasteiger partial charge in [-0.05, 0) is 25.3 Å². The molecule has 0 bridgehead atoms. The molecule has 0 radical (unpaired) electrons. The van der Waals surface area contributed by atoms with Crippen LogP contribution in [0.15, 0.2) is 35.5 Å². The van der Waals surface area contributed by atoms with E-state index in [2.05, 4.69) is 14.8 Å². The molecule has 0 fully saturated rings. The number of rotatable bonds is 5. The minimum Gasteiger partial charge on any atom is -0.465 e. The Labute approximate surface area is 140 Å². The number of carbonyl (C=O) groups excluding carboxylic acids is 1. The summed E-state index contributed by atoms with van der Waals surface area (Å²) in [7, 11) is 0. The van der Waals surface area contributed by atoms with Crippen LogP contribution in [0.5, 0.6) is 0 Å². The first kappa shape index (κ1) is 16.1. The van der Waals surface area contributed by atoms with E-state index < -0.39 is 5.25 Å². The van der Waals surface area contributed by atoms with Crippen molar-refractivity contribution in [1.82, 2.24) is 14.8 Å². The summed E-state index contributed by atoms with van der Waals surface area (Å²) in [6, 6.07) is 9.72. The molecule has 0 spiro atoms. The topological polar surface area (TPSA) is 57.0 Å². The van der Waals surface area contributed by atoms with E-state index in [9.17, 15) is 4.79 Å². The summed E-state index contributed by atoms with van der Waals surface area (Å²) >= 11 is 1.44. The minimum atomic E-state index is -0.410. The quantitative estimate of drug-likeness (QED) is 0.621. The van der Waals surface area contributed by atoms with Crippen molar-refractivity contribution < 1.29 is 9.53 Å². The summed E-state index contributed by atoms with van der Waals surface area (Å²) in [4.78, 5) is 12.4. The van der Waals surface area contributed by atoms with Gasteiger partial charge in [-0.25, -0.2) is 0 Å². The molecule has 3 rings (SSSR count). The van der Waals surface area contributed by atoms with Crippen LogP contribution in [-0.2, 0) is 22.5 Å². The number of benzene rings is 1. The summed E-state index contributed by atoms with van der Waals surface area (Å²) < 4.78 is 7.42. The van der Waals surface area contributed by atoms with Crippen LogP contribution < -0.4 is 0 Å². The minimum absolute atomic E-state index is 0.227. The predicted molar refractivity (Wildman–Crippen MR) is 89.3 cm³/mol. The molecule has 2 aromatic rings. The van der Waals surface area contributed by atoms with Crippen LogP contribution in [0.2, 0.25) is 0 Å². The molecular formula is C17H21N3O2S. The lowest BCUT2D eigenvalue weighted by Gasteiger charge is -2.15. The van der Waals surface area contributed by atoms with Crippen LogP contribution in [0.1, 0.15) is 42.8 Å². The Morgan fingerprint density at radius 1 is 1.26 bits per heavy atom. The van der Waals surface area contributed by atoms with Gasteiger partial charge >= 0.3 is 5.97 Å². The normalized spacial score (nSPS) is 15.5. The molecule has 1 aromatic carbocycles. The number of carbonyl (C=O) groups is 1. The number of aryl methyl sites for hydroxylation is 1. The lowest BCUT2D eigenvalue weighted by atomic mass is 10.1. The number of fused-ring (bicyclic) bond motifs is 1. The predicted octanol–water partition coefficient (Wildman–Crippen LogP) is 3.40. The Morgan fingerprint density at radius 3 is 2.87 bits per heavy atom. The zero-order valence-corrected chi connectivity index (χ0v) is 14.1. The first-order valence-electron chi connectivity index (χ1n) is 8.10. The highest BCUT2D eigenvalue weighted by Crippen LogP contribution is 2.36. The first-order valence-corrected chi connectivity index (χ1v) is 8.98. The van der Waals surface area contributed by atoms with Crippen molar-refractivity contribution in [3.63, 3.8) is 0 Å². The molecule has 0 saturated carbocycles.